The average molecular weight is 298 g/mol. The summed E-state index contributed by atoms with van der Waals surface area (Å²) < 4.78 is 14.3. The number of halogens is 2. The SMILES string of the molecule is CCNCC1(c2c(F)cccc2Cl)CC(C(C)(C)C)C1. The van der Waals surface area contributed by atoms with E-state index in [1.54, 1.807) is 12.1 Å². The summed E-state index contributed by atoms with van der Waals surface area (Å²) in [4.78, 5) is 0. The first-order valence-corrected chi connectivity index (χ1v) is 7.83. The molecular weight excluding hydrogens is 273 g/mol. The third-order valence-corrected chi connectivity index (χ3v) is 5.02. The zero-order valence-electron chi connectivity index (χ0n) is 12.9. The van der Waals surface area contributed by atoms with Crippen LogP contribution in [0.4, 0.5) is 4.39 Å². The van der Waals surface area contributed by atoms with Gasteiger partial charge in [-0.2, -0.15) is 0 Å². The molecule has 20 heavy (non-hydrogen) atoms. The number of hydrogen-bond donors (Lipinski definition) is 1. The molecule has 0 spiro atoms. The quantitative estimate of drug-likeness (QED) is 0.843. The van der Waals surface area contributed by atoms with Crippen LogP contribution in [0.2, 0.25) is 5.02 Å². The molecule has 0 heterocycles. The Kier molecular flexibility index (Phi) is 4.46. The topological polar surface area (TPSA) is 12.0 Å². The highest BCUT2D eigenvalue weighted by Gasteiger charge is 2.50. The lowest BCUT2D eigenvalue weighted by Crippen LogP contribution is -2.52. The van der Waals surface area contributed by atoms with E-state index in [4.69, 9.17) is 11.6 Å². The van der Waals surface area contributed by atoms with Crippen molar-refractivity contribution < 1.29 is 4.39 Å². The fourth-order valence-corrected chi connectivity index (χ4v) is 3.66. The third kappa shape index (κ3) is 2.87. The summed E-state index contributed by atoms with van der Waals surface area (Å²) >= 11 is 6.30. The summed E-state index contributed by atoms with van der Waals surface area (Å²) in [6.07, 6.45) is 2.01. The van der Waals surface area contributed by atoms with Crippen molar-refractivity contribution >= 4 is 11.6 Å². The lowest BCUT2D eigenvalue weighted by Gasteiger charge is -2.53. The molecule has 1 saturated carbocycles. The predicted octanol–water partition coefficient (Wildman–Crippen LogP) is 4.78. The van der Waals surface area contributed by atoms with E-state index in [2.05, 4.69) is 33.0 Å². The molecule has 0 radical (unpaired) electrons. The van der Waals surface area contributed by atoms with Crippen LogP contribution in [0.1, 0.15) is 46.1 Å². The van der Waals surface area contributed by atoms with E-state index in [9.17, 15) is 4.39 Å². The van der Waals surface area contributed by atoms with E-state index in [0.29, 0.717) is 16.5 Å². The van der Waals surface area contributed by atoms with Crippen molar-refractivity contribution in [2.24, 2.45) is 11.3 Å². The van der Waals surface area contributed by atoms with Crippen molar-refractivity contribution in [1.29, 1.82) is 0 Å². The minimum atomic E-state index is -0.164. The molecule has 1 aliphatic carbocycles. The highest BCUT2D eigenvalue weighted by molar-refractivity contribution is 6.31. The van der Waals surface area contributed by atoms with Gasteiger partial charge in [-0.15, -0.1) is 0 Å². The second kappa shape index (κ2) is 5.65. The second-order valence-corrected chi connectivity index (χ2v) is 7.54. The summed E-state index contributed by atoms with van der Waals surface area (Å²) in [5.74, 6) is 0.458. The van der Waals surface area contributed by atoms with Crippen LogP contribution < -0.4 is 5.32 Å². The molecule has 0 saturated heterocycles. The van der Waals surface area contributed by atoms with Gasteiger partial charge in [0.2, 0.25) is 0 Å². The van der Waals surface area contributed by atoms with Gasteiger partial charge in [-0.05, 0) is 42.9 Å². The summed E-state index contributed by atoms with van der Waals surface area (Å²) in [5.41, 5.74) is 0.840. The predicted molar refractivity (Wildman–Crippen MR) is 83.8 cm³/mol. The Bertz CT molecular complexity index is 452. The first-order valence-electron chi connectivity index (χ1n) is 7.45. The normalized spacial score (nSPS) is 26.4. The molecule has 1 N–H and O–H groups in total. The fraction of sp³-hybridized carbons (Fsp3) is 0.647. The van der Waals surface area contributed by atoms with Crippen molar-refractivity contribution in [3.05, 3.63) is 34.6 Å². The molecule has 0 aromatic heterocycles. The molecule has 2 rings (SSSR count). The van der Waals surface area contributed by atoms with E-state index < -0.39 is 0 Å². The Labute approximate surface area is 126 Å². The van der Waals surface area contributed by atoms with Gasteiger partial charge in [0.05, 0.1) is 0 Å². The molecule has 1 aromatic carbocycles. The molecule has 1 nitrogen and oxygen atoms in total. The van der Waals surface area contributed by atoms with Crippen LogP contribution in [0.3, 0.4) is 0 Å². The van der Waals surface area contributed by atoms with E-state index in [1.165, 1.54) is 6.07 Å². The third-order valence-electron chi connectivity index (χ3n) is 4.71. The van der Waals surface area contributed by atoms with Gasteiger partial charge in [0, 0.05) is 22.5 Å². The maximum absolute atomic E-state index is 14.3. The van der Waals surface area contributed by atoms with Crippen LogP contribution in [-0.4, -0.2) is 13.1 Å². The molecule has 0 unspecified atom stereocenters. The van der Waals surface area contributed by atoms with Gasteiger partial charge >= 0.3 is 0 Å². The minimum Gasteiger partial charge on any atom is -0.316 e. The van der Waals surface area contributed by atoms with Crippen LogP contribution in [0.5, 0.6) is 0 Å². The molecule has 112 valence electrons. The fourth-order valence-electron chi connectivity index (χ4n) is 3.30. The molecule has 0 atom stereocenters. The zero-order valence-corrected chi connectivity index (χ0v) is 13.6. The molecule has 1 fully saturated rings. The van der Waals surface area contributed by atoms with Crippen LogP contribution in [0.15, 0.2) is 18.2 Å². The molecule has 1 aromatic rings. The largest absolute Gasteiger partial charge is 0.316 e. The smallest absolute Gasteiger partial charge is 0.128 e. The number of rotatable bonds is 4. The first-order chi connectivity index (χ1) is 9.30. The highest BCUT2D eigenvalue weighted by atomic mass is 35.5. The molecular formula is C17H25ClFN. The van der Waals surface area contributed by atoms with Gasteiger partial charge in [-0.3, -0.25) is 0 Å². The Morgan fingerprint density at radius 3 is 2.50 bits per heavy atom. The Balaban J connectivity index is 2.31. The average Bonchev–Trinajstić information content (AvgIpc) is 2.28. The molecule has 0 bridgehead atoms. The van der Waals surface area contributed by atoms with Gasteiger partial charge < -0.3 is 5.32 Å². The maximum atomic E-state index is 14.3. The van der Waals surface area contributed by atoms with E-state index in [0.717, 1.165) is 25.9 Å². The summed E-state index contributed by atoms with van der Waals surface area (Å²) in [7, 11) is 0. The lowest BCUT2D eigenvalue weighted by atomic mass is 9.52. The summed E-state index contributed by atoms with van der Waals surface area (Å²) in [5, 5.41) is 3.96. The second-order valence-electron chi connectivity index (χ2n) is 7.13. The lowest BCUT2D eigenvalue weighted by molar-refractivity contribution is 0.0431. The van der Waals surface area contributed by atoms with E-state index in [-0.39, 0.29) is 16.6 Å². The highest BCUT2D eigenvalue weighted by Crippen LogP contribution is 2.55. The van der Waals surface area contributed by atoms with Crippen LogP contribution in [0, 0.1) is 17.2 Å². The van der Waals surface area contributed by atoms with Crippen LogP contribution in [0.25, 0.3) is 0 Å². The monoisotopic (exact) mass is 297 g/mol. The minimum absolute atomic E-state index is 0.142. The van der Waals surface area contributed by atoms with E-state index >= 15 is 0 Å². The molecule has 0 aliphatic heterocycles. The number of benzene rings is 1. The van der Waals surface area contributed by atoms with Crippen molar-refractivity contribution in [3.8, 4) is 0 Å². The Morgan fingerprint density at radius 2 is 2.00 bits per heavy atom. The molecule has 0 amide bonds. The van der Waals surface area contributed by atoms with Gasteiger partial charge in [-0.1, -0.05) is 45.4 Å². The first kappa shape index (κ1) is 15.8. The standard InChI is InChI=1S/C17H25ClFN/c1-5-20-11-17(9-12(10-17)16(2,3)4)15-13(18)7-6-8-14(15)19/h6-8,12,20H,5,9-11H2,1-4H3. The van der Waals surface area contributed by atoms with Crippen molar-refractivity contribution in [2.45, 2.75) is 46.0 Å². The number of hydrogen-bond acceptors (Lipinski definition) is 1. The van der Waals surface area contributed by atoms with Crippen molar-refractivity contribution in [1.82, 2.24) is 5.32 Å². The zero-order chi connectivity index (χ0) is 15.0. The van der Waals surface area contributed by atoms with Gasteiger partial charge in [0.15, 0.2) is 0 Å². The summed E-state index contributed by atoms with van der Waals surface area (Å²) in [6.45, 7) is 10.6. The Morgan fingerprint density at radius 1 is 1.35 bits per heavy atom. The van der Waals surface area contributed by atoms with Crippen molar-refractivity contribution in [2.75, 3.05) is 13.1 Å². The Hall–Kier alpha value is -0.600. The van der Waals surface area contributed by atoms with E-state index in [1.807, 2.05) is 0 Å². The number of likely N-dealkylation sites (N-methyl/N-ethyl adjacent to an activating group) is 1. The van der Waals surface area contributed by atoms with Crippen LogP contribution >= 0.6 is 11.6 Å². The van der Waals surface area contributed by atoms with Gasteiger partial charge in [0.1, 0.15) is 5.82 Å². The molecule has 1 aliphatic rings. The van der Waals surface area contributed by atoms with Crippen LogP contribution in [-0.2, 0) is 5.41 Å². The van der Waals surface area contributed by atoms with Gasteiger partial charge in [-0.25, -0.2) is 4.39 Å². The summed E-state index contributed by atoms with van der Waals surface area (Å²) in [6, 6.07) is 5.01. The molecule has 3 heteroatoms. The van der Waals surface area contributed by atoms with Gasteiger partial charge in [0.25, 0.3) is 0 Å². The maximum Gasteiger partial charge on any atom is 0.128 e. The number of nitrogens with one attached hydrogen (secondary N) is 1. The van der Waals surface area contributed by atoms with Crippen molar-refractivity contribution in [3.63, 3.8) is 0 Å².